The Morgan fingerprint density at radius 3 is 2.59 bits per heavy atom. The van der Waals surface area contributed by atoms with Gasteiger partial charge in [0.2, 0.25) is 0 Å². The van der Waals surface area contributed by atoms with Crippen molar-refractivity contribution in [1.82, 2.24) is 15.3 Å². The van der Waals surface area contributed by atoms with E-state index >= 15 is 0 Å². The number of fused-ring (bicyclic) bond motifs is 1. The molecule has 5 rings (SSSR count). The molecule has 1 unspecified atom stereocenters. The van der Waals surface area contributed by atoms with E-state index < -0.39 is 24.0 Å². The number of piperazine rings is 1. The Labute approximate surface area is 194 Å². The van der Waals surface area contributed by atoms with Crippen molar-refractivity contribution < 1.29 is 27.1 Å². The minimum atomic E-state index is -4.50. The quantitative estimate of drug-likeness (QED) is 0.612. The van der Waals surface area contributed by atoms with Crippen molar-refractivity contribution in [2.75, 3.05) is 36.4 Å². The predicted molar refractivity (Wildman–Crippen MR) is 119 cm³/mol. The standard InChI is InChI=1S/C17H16F3N5O2.C6H11F/c18-17(19,20)10-7-13(23-14(8-10)25-5-3-21-4-6-25)11-1-2-22-15-12(11)9-27-16(26)24-15;1-2-6(7)5-3-4-5/h1-2,7-8,21H,3-6,9H2,(H,22,24,26);5-6H,2-4H2,1H3. The lowest BCUT2D eigenvalue weighted by Gasteiger charge is -2.29. The van der Waals surface area contributed by atoms with Gasteiger partial charge in [-0.15, -0.1) is 0 Å². The van der Waals surface area contributed by atoms with E-state index in [2.05, 4.69) is 20.6 Å². The summed E-state index contributed by atoms with van der Waals surface area (Å²) in [5.41, 5.74) is 0.335. The zero-order chi connectivity index (χ0) is 24.3. The number of amides is 1. The van der Waals surface area contributed by atoms with Gasteiger partial charge in [0.15, 0.2) is 0 Å². The number of carbonyl (C=O) groups is 1. The number of nitrogens with zero attached hydrogens (tertiary/aromatic N) is 3. The number of halogens is 4. The monoisotopic (exact) mass is 481 g/mol. The molecule has 0 radical (unpaired) electrons. The van der Waals surface area contributed by atoms with Gasteiger partial charge in [-0.25, -0.2) is 19.2 Å². The predicted octanol–water partition coefficient (Wildman–Crippen LogP) is 4.78. The maximum atomic E-state index is 13.5. The Morgan fingerprint density at radius 1 is 1.24 bits per heavy atom. The lowest BCUT2D eigenvalue weighted by atomic mass is 10.0. The molecule has 1 saturated carbocycles. The van der Waals surface area contributed by atoms with E-state index in [1.54, 1.807) is 6.07 Å². The van der Waals surface area contributed by atoms with Crippen LogP contribution in [0.25, 0.3) is 11.3 Å². The Bertz CT molecular complexity index is 1020. The summed E-state index contributed by atoms with van der Waals surface area (Å²) in [4.78, 5) is 21.7. The first-order valence-electron chi connectivity index (χ1n) is 11.4. The fraction of sp³-hybridized carbons (Fsp3) is 0.522. The van der Waals surface area contributed by atoms with Gasteiger partial charge in [-0.2, -0.15) is 13.2 Å². The first kappa shape index (κ1) is 24.2. The Hall–Kier alpha value is -2.95. The molecule has 1 aliphatic carbocycles. The molecule has 184 valence electrons. The van der Waals surface area contributed by atoms with Crippen LogP contribution < -0.4 is 15.5 Å². The number of anilines is 2. The summed E-state index contributed by atoms with van der Waals surface area (Å²) in [6, 6.07) is 3.65. The van der Waals surface area contributed by atoms with E-state index in [0.717, 1.165) is 25.0 Å². The average Bonchev–Trinajstić information content (AvgIpc) is 3.69. The molecule has 34 heavy (non-hydrogen) atoms. The molecule has 0 aromatic carbocycles. The van der Waals surface area contributed by atoms with E-state index in [1.807, 2.05) is 11.8 Å². The van der Waals surface area contributed by atoms with Gasteiger partial charge in [-0.05, 0) is 43.4 Å². The molecule has 7 nitrogen and oxygen atoms in total. The number of hydrogen-bond acceptors (Lipinski definition) is 6. The summed E-state index contributed by atoms with van der Waals surface area (Å²) in [5, 5.41) is 5.62. The smallest absolute Gasteiger partial charge is 0.416 e. The van der Waals surface area contributed by atoms with E-state index in [0.29, 0.717) is 49.6 Å². The zero-order valence-corrected chi connectivity index (χ0v) is 18.8. The number of hydrogen-bond donors (Lipinski definition) is 2. The minimum Gasteiger partial charge on any atom is -0.444 e. The Kier molecular flexibility index (Phi) is 7.20. The van der Waals surface area contributed by atoms with Crippen molar-refractivity contribution >= 4 is 17.7 Å². The highest BCUT2D eigenvalue weighted by molar-refractivity contribution is 5.88. The number of cyclic esters (lactones) is 1. The van der Waals surface area contributed by atoms with Crippen LogP contribution in [0, 0.1) is 5.92 Å². The molecule has 11 heteroatoms. The van der Waals surface area contributed by atoms with Crippen LogP contribution in [0.5, 0.6) is 0 Å². The Morgan fingerprint density at radius 2 is 1.97 bits per heavy atom. The zero-order valence-electron chi connectivity index (χ0n) is 18.8. The second kappa shape index (κ2) is 10.1. The normalized spacial score (nSPS) is 18.7. The molecule has 4 heterocycles. The van der Waals surface area contributed by atoms with Crippen LogP contribution in [0.4, 0.5) is 34.0 Å². The largest absolute Gasteiger partial charge is 0.444 e. The summed E-state index contributed by atoms with van der Waals surface area (Å²) in [7, 11) is 0. The second-order valence-electron chi connectivity index (χ2n) is 8.48. The average molecular weight is 481 g/mol. The van der Waals surface area contributed by atoms with Crippen LogP contribution in [0.15, 0.2) is 24.4 Å². The van der Waals surface area contributed by atoms with Crippen LogP contribution in [-0.4, -0.2) is 48.4 Å². The lowest BCUT2D eigenvalue weighted by molar-refractivity contribution is -0.137. The number of rotatable bonds is 4. The third kappa shape index (κ3) is 5.75. The van der Waals surface area contributed by atoms with E-state index in [1.165, 1.54) is 6.20 Å². The highest BCUT2D eigenvalue weighted by Crippen LogP contribution is 2.37. The highest BCUT2D eigenvalue weighted by atomic mass is 19.4. The van der Waals surface area contributed by atoms with Crippen LogP contribution >= 0.6 is 0 Å². The molecule has 1 atom stereocenters. The molecule has 2 aromatic heterocycles. The van der Waals surface area contributed by atoms with E-state index in [9.17, 15) is 22.4 Å². The minimum absolute atomic E-state index is 0.0781. The summed E-state index contributed by atoms with van der Waals surface area (Å²) in [5.74, 6) is 0.990. The fourth-order valence-electron chi connectivity index (χ4n) is 3.92. The number of alkyl halides is 4. The summed E-state index contributed by atoms with van der Waals surface area (Å²) < 4.78 is 57.7. The van der Waals surface area contributed by atoms with Gasteiger partial charge in [0.25, 0.3) is 0 Å². The van der Waals surface area contributed by atoms with Gasteiger partial charge in [-0.3, -0.25) is 5.32 Å². The van der Waals surface area contributed by atoms with Crippen molar-refractivity contribution in [3.05, 3.63) is 35.5 Å². The van der Waals surface area contributed by atoms with Crippen LogP contribution in [-0.2, 0) is 17.5 Å². The number of pyridine rings is 2. The molecule has 0 bridgehead atoms. The molecule has 2 N–H and O–H groups in total. The lowest BCUT2D eigenvalue weighted by Crippen LogP contribution is -2.44. The molecular weight excluding hydrogens is 454 g/mol. The van der Waals surface area contributed by atoms with Gasteiger partial charge in [0.05, 0.1) is 11.3 Å². The summed E-state index contributed by atoms with van der Waals surface area (Å²) >= 11 is 0. The number of aromatic nitrogens is 2. The maximum Gasteiger partial charge on any atom is 0.416 e. The van der Waals surface area contributed by atoms with Crippen molar-refractivity contribution in [3.8, 4) is 11.3 Å². The van der Waals surface area contributed by atoms with E-state index in [-0.39, 0.29) is 23.9 Å². The summed E-state index contributed by atoms with van der Waals surface area (Å²) in [6.07, 6.45) is -1.23. The Balaban J connectivity index is 0.000000336. The third-order valence-corrected chi connectivity index (χ3v) is 6.00. The number of ether oxygens (including phenoxy) is 1. The van der Waals surface area contributed by atoms with Crippen molar-refractivity contribution in [3.63, 3.8) is 0 Å². The van der Waals surface area contributed by atoms with Gasteiger partial charge in [0.1, 0.15) is 24.4 Å². The molecule has 3 aliphatic rings. The molecule has 0 spiro atoms. The van der Waals surface area contributed by atoms with Crippen LogP contribution in [0.3, 0.4) is 0 Å². The molecule has 2 aromatic rings. The van der Waals surface area contributed by atoms with Crippen molar-refractivity contribution in [1.29, 1.82) is 0 Å². The van der Waals surface area contributed by atoms with Gasteiger partial charge in [-0.1, -0.05) is 6.92 Å². The topological polar surface area (TPSA) is 79.4 Å². The van der Waals surface area contributed by atoms with Gasteiger partial charge >= 0.3 is 12.3 Å². The van der Waals surface area contributed by atoms with E-state index in [4.69, 9.17) is 4.74 Å². The van der Waals surface area contributed by atoms with Crippen LogP contribution in [0.2, 0.25) is 0 Å². The number of carbonyl (C=O) groups excluding carboxylic acids is 1. The first-order valence-corrected chi connectivity index (χ1v) is 11.4. The summed E-state index contributed by atoms with van der Waals surface area (Å²) in [6.45, 7) is 4.33. The van der Waals surface area contributed by atoms with Crippen molar-refractivity contribution in [2.45, 2.75) is 45.1 Å². The maximum absolute atomic E-state index is 13.5. The second-order valence-corrected chi connectivity index (χ2v) is 8.48. The van der Waals surface area contributed by atoms with Gasteiger partial charge < -0.3 is 15.0 Å². The first-order chi connectivity index (χ1) is 16.3. The van der Waals surface area contributed by atoms with Crippen LogP contribution in [0.1, 0.15) is 37.3 Å². The van der Waals surface area contributed by atoms with Gasteiger partial charge in [0, 0.05) is 43.5 Å². The highest BCUT2D eigenvalue weighted by Gasteiger charge is 2.33. The number of nitrogens with one attached hydrogen (secondary N) is 2. The third-order valence-electron chi connectivity index (χ3n) is 6.00. The molecule has 1 saturated heterocycles. The molecule has 1 amide bonds. The van der Waals surface area contributed by atoms with Crippen molar-refractivity contribution in [2.24, 2.45) is 5.92 Å². The SMILES string of the molecule is CCC(F)C1CC1.O=C1Nc2nccc(-c3cc(C(F)(F)F)cc(N4CCNCC4)n3)c2CO1. The molecule has 2 fully saturated rings. The molecule has 2 aliphatic heterocycles. The fourth-order valence-corrected chi connectivity index (χ4v) is 3.92. The molecular formula is C23H27F4N5O2.